The molecule has 0 aromatic heterocycles. The molecule has 0 heterocycles. The minimum atomic E-state index is 0.0843. The monoisotopic (exact) mass is 316 g/mol. The van der Waals surface area contributed by atoms with E-state index in [1.54, 1.807) is 18.2 Å². The molecule has 3 aromatic carbocycles. The summed E-state index contributed by atoms with van der Waals surface area (Å²) in [6, 6.07) is 19.9. The fourth-order valence-electron chi connectivity index (χ4n) is 3.82. The van der Waals surface area contributed by atoms with E-state index in [1.807, 2.05) is 0 Å². The van der Waals surface area contributed by atoms with Gasteiger partial charge in [0.15, 0.2) is 5.78 Å². The topological polar surface area (TPSA) is 37.3 Å². The van der Waals surface area contributed by atoms with Crippen molar-refractivity contribution in [2.45, 2.75) is 25.7 Å². The number of carbonyl (C=O) groups is 1. The predicted molar refractivity (Wildman–Crippen MR) is 96.5 cm³/mol. The number of rotatable bonds is 3. The standard InChI is InChI=1S/C22H20O2/c23-19-12-13-21-18(14-19)11-10-17(22(21)24)9-8-16-6-3-5-15-4-1-2-7-20(15)16/h1-7,12-14,17,23H,8-11H2. The number of phenols is 1. The molecule has 0 saturated heterocycles. The van der Waals surface area contributed by atoms with Crippen molar-refractivity contribution in [3.63, 3.8) is 0 Å². The van der Waals surface area contributed by atoms with Crippen LogP contribution in [0.3, 0.4) is 0 Å². The highest BCUT2D eigenvalue weighted by Gasteiger charge is 2.27. The van der Waals surface area contributed by atoms with Crippen LogP contribution in [0, 0.1) is 5.92 Å². The molecule has 1 aliphatic carbocycles. The number of hydrogen-bond donors (Lipinski definition) is 1. The third-order valence-electron chi connectivity index (χ3n) is 5.13. The molecule has 4 rings (SSSR count). The quantitative estimate of drug-likeness (QED) is 0.744. The van der Waals surface area contributed by atoms with Crippen molar-refractivity contribution < 1.29 is 9.90 Å². The lowest BCUT2D eigenvalue weighted by atomic mass is 9.79. The van der Waals surface area contributed by atoms with E-state index in [0.29, 0.717) is 0 Å². The number of benzene rings is 3. The molecule has 2 nitrogen and oxygen atoms in total. The lowest BCUT2D eigenvalue weighted by Gasteiger charge is -2.23. The fourth-order valence-corrected chi connectivity index (χ4v) is 3.82. The van der Waals surface area contributed by atoms with Gasteiger partial charge in [-0.05, 0) is 65.8 Å². The first-order valence-corrected chi connectivity index (χ1v) is 8.55. The first kappa shape index (κ1) is 14.9. The molecule has 24 heavy (non-hydrogen) atoms. The number of fused-ring (bicyclic) bond motifs is 2. The highest BCUT2D eigenvalue weighted by atomic mass is 16.3. The van der Waals surface area contributed by atoms with E-state index < -0.39 is 0 Å². The van der Waals surface area contributed by atoms with E-state index in [9.17, 15) is 9.90 Å². The molecule has 0 radical (unpaired) electrons. The van der Waals surface area contributed by atoms with E-state index in [1.165, 1.54) is 16.3 Å². The first-order chi connectivity index (χ1) is 11.7. The molecule has 3 aromatic rings. The summed E-state index contributed by atoms with van der Waals surface area (Å²) < 4.78 is 0. The number of aryl methyl sites for hydroxylation is 2. The van der Waals surface area contributed by atoms with Crippen molar-refractivity contribution in [1.29, 1.82) is 0 Å². The smallest absolute Gasteiger partial charge is 0.166 e. The minimum absolute atomic E-state index is 0.0843. The third kappa shape index (κ3) is 2.69. The predicted octanol–water partition coefficient (Wildman–Crippen LogP) is 4.92. The van der Waals surface area contributed by atoms with Crippen molar-refractivity contribution >= 4 is 16.6 Å². The molecule has 120 valence electrons. The Morgan fingerprint density at radius 2 is 1.83 bits per heavy atom. The molecule has 0 aliphatic heterocycles. The van der Waals surface area contributed by atoms with Crippen LogP contribution < -0.4 is 0 Å². The lowest BCUT2D eigenvalue weighted by molar-refractivity contribution is 0.0895. The van der Waals surface area contributed by atoms with Gasteiger partial charge in [-0.3, -0.25) is 4.79 Å². The largest absolute Gasteiger partial charge is 0.508 e. The summed E-state index contributed by atoms with van der Waals surface area (Å²) in [7, 11) is 0. The number of phenolic OH excluding ortho intramolecular Hbond substituents is 1. The van der Waals surface area contributed by atoms with Gasteiger partial charge in [-0.15, -0.1) is 0 Å². The Morgan fingerprint density at radius 3 is 2.75 bits per heavy atom. The molecular weight excluding hydrogens is 296 g/mol. The average molecular weight is 316 g/mol. The summed E-state index contributed by atoms with van der Waals surface area (Å²) in [5.74, 6) is 0.563. The van der Waals surface area contributed by atoms with Gasteiger partial charge in [0.2, 0.25) is 0 Å². The molecule has 1 N–H and O–H groups in total. The molecule has 1 atom stereocenters. The Balaban J connectivity index is 1.54. The number of ketones is 1. The third-order valence-corrected chi connectivity index (χ3v) is 5.13. The van der Waals surface area contributed by atoms with E-state index >= 15 is 0 Å². The number of hydrogen-bond acceptors (Lipinski definition) is 2. The van der Waals surface area contributed by atoms with E-state index in [0.717, 1.165) is 36.8 Å². The summed E-state index contributed by atoms with van der Waals surface area (Å²) in [5.41, 5.74) is 3.10. The van der Waals surface area contributed by atoms with Gasteiger partial charge in [-0.1, -0.05) is 42.5 Å². The van der Waals surface area contributed by atoms with Gasteiger partial charge in [-0.25, -0.2) is 0 Å². The maximum absolute atomic E-state index is 12.7. The second-order valence-electron chi connectivity index (χ2n) is 6.62. The summed E-state index contributed by atoms with van der Waals surface area (Å²) in [4.78, 5) is 12.7. The van der Waals surface area contributed by atoms with Gasteiger partial charge in [-0.2, -0.15) is 0 Å². The Bertz CT molecular complexity index is 905. The minimum Gasteiger partial charge on any atom is -0.508 e. The SMILES string of the molecule is O=C1c2ccc(O)cc2CCC1CCc1cccc2ccccc12. The van der Waals surface area contributed by atoms with E-state index in [2.05, 4.69) is 42.5 Å². The maximum Gasteiger partial charge on any atom is 0.166 e. The molecule has 0 spiro atoms. The summed E-state index contributed by atoms with van der Waals surface area (Å²) >= 11 is 0. The molecule has 2 heteroatoms. The Kier molecular flexibility index (Phi) is 3.81. The normalized spacial score (nSPS) is 17.0. The highest BCUT2D eigenvalue weighted by Crippen LogP contribution is 2.31. The summed E-state index contributed by atoms with van der Waals surface area (Å²) in [5, 5.41) is 12.1. The van der Waals surface area contributed by atoms with Crippen LogP contribution in [0.15, 0.2) is 60.7 Å². The number of aromatic hydroxyl groups is 1. The summed E-state index contributed by atoms with van der Waals surface area (Å²) in [6.45, 7) is 0. The van der Waals surface area contributed by atoms with Crippen LogP contribution in [0.5, 0.6) is 5.75 Å². The van der Waals surface area contributed by atoms with Gasteiger partial charge in [0.1, 0.15) is 5.75 Å². The molecule has 0 bridgehead atoms. The average Bonchev–Trinajstić information content (AvgIpc) is 2.61. The Hall–Kier alpha value is -2.61. The molecule has 1 aliphatic rings. The van der Waals surface area contributed by atoms with Crippen molar-refractivity contribution in [2.24, 2.45) is 5.92 Å². The van der Waals surface area contributed by atoms with Gasteiger partial charge in [0, 0.05) is 11.5 Å². The zero-order valence-corrected chi connectivity index (χ0v) is 13.5. The zero-order valence-electron chi connectivity index (χ0n) is 13.5. The van der Waals surface area contributed by atoms with Crippen molar-refractivity contribution in [3.8, 4) is 5.75 Å². The molecular formula is C22H20O2. The van der Waals surface area contributed by atoms with Crippen molar-refractivity contribution in [1.82, 2.24) is 0 Å². The molecule has 0 amide bonds. The fraction of sp³-hybridized carbons (Fsp3) is 0.227. The second-order valence-corrected chi connectivity index (χ2v) is 6.62. The van der Waals surface area contributed by atoms with Crippen LogP contribution in [-0.4, -0.2) is 10.9 Å². The van der Waals surface area contributed by atoms with Crippen LogP contribution in [0.2, 0.25) is 0 Å². The zero-order chi connectivity index (χ0) is 16.5. The van der Waals surface area contributed by atoms with Gasteiger partial charge >= 0.3 is 0 Å². The molecule has 0 fully saturated rings. The molecule has 0 saturated carbocycles. The van der Waals surface area contributed by atoms with Crippen LogP contribution in [0.25, 0.3) is 10.8 Å². The summed E-state index contributed by atoms with van der Waals surface area (Å²) in [6.07, 6.45) is 3.55. The van der Waals surface area contributed by atoms with Gasteiger partial charge in [0.25, 0.3) is 0 Å². The maximum atomic E-state index is 12.7. The van der Waals surface area contributed by atoms with Crippen LogP contribution in [0.4, 0.5) is 0 Å². The van der Waals surface area contributed by atoms with Crippen LogP contribution >= 0.6 is 0 Å². The second kappa shape index (κ2) is 6.12. The number of carbonyl (C=O) groups excluding carboxylic acids is 1. The van der Waals surface area contributed by atoms with Crippen LogP contribution in [0.1, 0.15) is 34.3 Å². The van der Waals surface area contributed by atoms with Crippen LogP contribution in [-0.2, 0) is 12.8 Å². The van der Waals surface area contributed by atoms with Crippen molar-refractivity contribution in [2.75, 3.05) is 0 Å². The Morgan fingerprint density at radius 1 is 1.00 bits per heavy atom. The van der Waals surface area contributed by atoms with E-state index in [-0.39, 0.29) is 17.5 Å². The Labute approximate surface area is 141 Å². The number of Topliss-reactive ketones (excluding diaryl/α,β-unsaturated/α-hetero) is 1. The van der Waals surface area contributed by atoms with Gasteiger partial charge < -0.3 is 5.11 Å². The van der Waals surface area contributed by atoms with Gasteiger partial charge in [0.05, 0.1) is 0 Å². The van der Waals surface area contributed by atoms with Crippen molar-refractivity contribution in [3.05, 3.63) is 77.4 Å². The first-order valence-electron chi connectivity index (χ1n) is 8.55. The lowest BCUT2D eigenvalue weighted by Crippen LogP contribution is -2.23. The molecule has 1 unspecified atom stereocenters. The van der Waals surface area contributed by atoms with E-state index in [4.69, 9.17) is 0 Å². The highest BCUT2D eigenvalue weighted by molar-refractivity contribution is 6.00.